The molecule has 0 heterocycles. The zero-order valence-corrected chi connectivity index (χ0v) is 10.5. The highest BCUT2D eigenvalue weighted by Crippen LogP contribution is 2.60. The Morgan fingerprint density at radius 3 is 2.00 bits per heavy atom. The number of hydrogen-bond acceptors (Lipinski definition) is 3. The molecule has 0 spiro atoms. The third kappa shape index (κ3) is 3.94. The molecule has 0 saturated carbocycles. The molecule has 0 aromatic heterocycles. The summed E-state index contributed by atoms with van der Waals surface area (Å²) in [5.41, 5.74) is 0. The Balaban J connectivity index is 4.49. The van der Waals surface area contributed by atoms with Crippen molar-refractivity contribution in [2.24, 2.45) is 0 Å². The zero-order valence-electron chi connectivity index (χ0n) is 9.62. The lowest BCUT2D eigenvalue weighted by atomic mass is 10.6. The number of terminal acetylenes is 1. The van der Waals surface area contributed by atoms with Crippen LogP contribution >= 0.6 is 7.87 Å². The van der Waals surface area contributed by atoms with Gasteiger partial charge < -0.3 is 0 Å². The van der Waals surface area contributed by atoms with Crippen LogP contribution in [0.25, 0.3) is 0 Å². The molecule has 0 aromatic rings. The third-order valence-corrected chi connectivity index (χ3v) is 4.82. The van der Waals surface area contributed by atoms with Gasteiger partial charge in [-0.25, -0.2) is 0 Å². The summed E-state index contributed by atoms with van der Waals surface area (Å²) >= 11 is 0. The highest BCUT2D eigenvalue weighted by Gasteiger charge is 2.42. The molecule has 0 atom stereocenters. The van der Waals surface area contributed by atoms with Gasteiger partial charge in [0.25, 0.3) is 0 Å². The van der Waals surface area contributed by atoms with Crippen LogP contribution in [0.1, 0.15) is 20.8 Å². The van der Waals surface area contributed by atoms with Crippen LogP contribution in [0.4, 0.5) is 0 Å². The fourth-order valence-electron chi connectivity index (χ4n) is 1.28. The van der Waals surface area contributed by atoms with Gasteiger partial charge in [0.15, 0.2) is 0 Å². The first-order chi connectivity index (χ1) is 6.64. The van der Waals surface area contributed by atoms with Crippen molar-refractivity contribution in [1.29, 1.82) is 0 Å². The van der Waals surface area contributed by atoms with Crippen molar-refractivity contribution in [3.8, 4) is 12.3 Å². The van der Waals surface area contributed by atoms with Crippen molar-refractivity contribution in [3.05, 3.63) is 0 Å². The van der Waals surface area contributed by atoms with E-state index in [-0.39, 0.29) is 0 Å². The Hall–Kier alpha value is -0.130. The van der Waals surface area contributed by atoms with Gasteiger partial charge in [0.1, 0.15) is 6.66 Å². The standard InChI is InChI=1S/C10H21NO2P/c1-6-10-11(7-2)14(5,12-8-3)13-9-4/h1H,7-10H2,2-5H3/q+1. The van der Waals surface area contributed by atoms with E-state index >= 15 is 0 Å². The Morgan fingerprint density at radius 2 is 1.71 bits per heavy atom. The van der Waals surface area contributed by atoms with E-state index in [0.29, 0.717) is 19.8 Å². The normalized spacial score (nSPS) is 11.7. The minimum Gasteiger partial charge on any atom is -0.188 e. The van der Waals surface area contributed by atoms with Gasteiger partial charge >= 0.3 is 7.87 Å². The molecule has 0 saturated heterocycles. The maximum absolute atomic E-state index is 5.69. The van der Waals surface area contributed by atoms with Gasteiger partial charge in [0.05, 0.1) is 19.8 Å². The second kappa shape index (κ2) is 7.20. The Morgan fingerprint density at radius 1 is 1.21 bits per heavy atom. The van der Waals surface area contributed by atoms with Crippen LogP contribution in [-0.4, -0.2) is 37.6 Å². The van der Waals surface area contributed by atoms with E-state index in [1.165, 1.54) is 0 Å². The van der Waals surface area contributed by atoms with E-state index in [9.17, 15) is 0 Å². The fraction of sp³-hybridized carbons (Fsp3) is 0.800. The van der Waals surface area contributed by atoms with Gasteiger partial charge in [-0.05, 0) is 20.8 Å². The molecule has 0 rings (SSSR count). The van der Waals surface area contributed by atoms with Gasteiger partial charge in [-0.15, -0.1) is 11.1 Å². The van der Waals surface area contributed by atoms with Crippen molar-refractivity contribution in [2.45, 2.75) is 20.8 Å². The molecular weight excluding hydrogens is 197 g/mol. The summed E-state index contributed by atoms with van der Waals surface area (Å²) in [7, 11) is -1.91. The van der Waals surface area contributed by atoms with Crippen molar-refractivity contribution in [2.75, 3.05) is 33.0 Å². The third-order valence-electron chi connectivity index (χ3n) is 1.89. The molecule has 0 radical (unpaired) electrons. The largest absolute Gasteiger partial charge is 0.345 e. The van der Waals surface area contributed by atoms with E-state index in [4.69, 9.17) is 15.5 Å². The highest BCUT2D eigenvalue weighted by molar-refractivity contribution is 7.63. The Labute approximate surface area is 88.3 Å². The summed E-state index contributed by atoms with van der Waals surface area (Å²) in [6, 6.07) is 0. The lowest BCUT2D eigenvalue weighted by molar-refractivity contribution is 0.207. The summed E-state index contributed by atoms with van der Waals surface area (Å²) in [4.78, 5) is 0. The van der Waals surface area contributed by atoms with Gasteiger partial charge in [0, 0.05) is 6.54 Å². The molecule has 82 valence electrons. The van der Waals surface area contributed by atoms with Gasteiger partial charge in [-0.2, -0.15) is 9.05 Å². The summed E-state index contributed by atoms with van der Waals surface area (Å²) in [5.74, 6) is 2.63. The fourth-order valence-corrected chi connectivity index (χ4v) is 3.49. The predicted octanol–water partition coefficient (Wildman–Crippen LogP) is 2.41. The molecular formula is C10H21NO2P+. The molecule has 0 aliphatic heterocycles. The van der Waals surface area contributed by atoms with Crippen molar-refractivity contribution >= 4 is 7.87 Å². The average molecular weight is 218 g/mol. The molecule has 0 N–H and O–H groups in total. The lowest BCUT2D eigenvalue weighted by Crippen LogP contribution is -2.27. The van der Waals surface area contributed by atoms with Crippen LogP contribution < -0.4 is 0 Å². The van der Waals surface area contributed by atoms with E-state index < -0.39 is 7.87 Å². The van der Waals surface area contributed by atoms with E-state index in [0.717, 1.165) is 6.54 Å². The maximum Gasteiger partial charge on any atom is 0.345 e. The summed E-state index contributed by atoms with van der Waals surface area (Å²) in [5, 5.41) is 0. The van der Waals surface area contributed by atoms with E-state index in [1.54, 1.807) is 0 Å². The Kier molecular flexibility index (Phi) is 7.13. The molecule has 0 bridgehead atoms. The molecule has 0 fully saturated rings. The maximum atomic E-state index is 5.69. The minimum absolute atomic E-state index is 0.584. The van der Waals surface area contributed by atoms with Crippen LogP contribution in [-0.2, 0) is 9.05 Å². The van der Waals surface area contributed by atoms with Crippen LogP contribution in [0.3, 0.4) is 0 Å². The molecule has 3 nitrogen and oxygen atoms in total. The van der Waals surface area contributed by atoms with Crippen LogP contribution in [0.15, 0.2) is 0 Å². The molecule has 0 aliphatic rings. The molecule has 0 aliphatic carbocycles. The second-order valence-electron chi connectivity index (χ2n) is 2.82. The first-order valence-electron chi connectivity index (χ1n) is 4.99. The van der Waals surface area contributed by atoms with Gasteiger partial charge in [-0.3, -0.25) is 0 Å². The number of hydrogen-bond donors (Lipinski definition) is 0. The minimum atomic E-state index is -1.91. The highest BCUT2D eigenvalue weighted by atomic mass is 31.2. The topological polar surface area (TPSA) is 21.7 Å². The molecule has 0 amide bonds. The molecule has 14 heavy (non-hydrogen) atoms. The van der Waals surface area contributed by atoms with Crippen LogP contribution in [0.5, 0.6) is 0 Å². The first-order valence-corrected chi connectivity index (χ1v) is 7.01. The Bertz CT molecular complexity index is 185. The van der Waals surface area contributed by atoms with Crippen molar-refractivity contribution in [3.63, 3.8) is 0 Å². The van der Waals surface area contributed by atoms with E-state index in [2.05, 4.69) is 17.5 Å². The SMILES string of the molecule is C#CCN(CC)[P+](C)(OCC)OCC. The van der Waals surface area contributed by atoms with Gasteiger partial charge in [0.2, 0.25) is 0 Å². The summed E-state index contributed by atoms with van der Waals surface area (Å²) < 4.78 is 13.5. The van der Waals surface area contributed by atoms with E-state index in [1.807, 2.05) is 20.5 Å². The van der Waals surface area contributed by atoms with Crippen molar-refractivity contribution < 1.29 is 9.05 Å². The van der Waals surface area contributed by atoms with Crippen molar-refractivity contribution in [1.82, 2.24) is 4.67 Å². The summed E-state index contributed by atoms with van der Waals surface area (Å²) in [6.45, 7) is 10.8. The van der Waals surface area contributed by atoms with Crippen LogP contribution in [0.2, 0.25) is 0 Å². The smallest absolute Gasteiger partial charge is 0.188 e. The quantitative estimate of drug-likeness (QED) is 0.484. The molecule has 4 heteroatoms. The number of nitrogens with zero attached hydrogens (tertiary/aromatic N) is 1. The first kappa shape index (κ1) is 13.9. The van der Waals surface area contributed by atoms with Crippen LogP contribution in [0, 0.1) is 12.3 Å². The molecule has 0 unspecified atom stereocenters. The lowest BCUT2D eigenvalue weighted by Gasteiger charge is -2.27. The zero-order chi connectivity index (χ0) is 11.0. The van der Waals surface area contributed by atoms with Gasteiger partial charge in [-0.1, -0.05) is 5.92 Å². The number of rotatable bonds is 7. The predicted molar refractivity (Wildman–Crippen MR) is 62.2 cm³/mol. The molecule has 0 aromatic carbocycles. The monoisotopic (exact) mass is 218 g/mol. The average Bonchev–Trinajstić information content (AvgIpc) is 2.14. The second-order valence-corrected chi connectivity index (χ2v) is 5.51. The summed E-state index contributed by atoms with van der Waals surface area (Å²) in [6.07, 6.45) is 5.31.